The second kappa shape index (κ2) is 3.45. The van der Waals surface area contributed by atoms with Crippen LogP contribution in [-0.4, -0.2) is 22.2 Å². The number of anilines is 1. The highest BCUT2D eigenvalue weighted by Crippen LogP contribution is 2.41. The fourth-order valence-electron chi connectivity index (χ4n) is 1.79. The van der Waals surface area contributed by atoms with Crippen molar-refractivity contribution >= 4 is 5.82 Å². The van der Waals surface area contributed by atoms with Crippen LogP contribution >= 0.6 is 0 Å². The number of hydrogen-bond donors (Lipinski definition) is 2. The molecule has 2 rings (SSSR count). The molecule has 15 heavy (non-hydrogen) atoms. The smallest absolute Gasteiger partial charge is 0.141 e. The summed E-state index contributed by atoms with van der Waals surface area (Å²) in [5, 5.41) is 12.7. The number of aliphatic hydroxyl groups excluding tert-OH is 1. The minimum Gasteiger partial charge on any atom is -0.392 e. The van der Waals surface area contributed by atoms with Gasteiger partial charge in [-0.1, -0.05) is 13.8 Å². The lowest BCUT2D eigenvalue weighted by Gasteiger charge is -2.49. The number of aliphatic hydroxyl groups is 1. The number of hydrogen-bond acceptors (Lipinski definition) is 3. The van der Waals surface area contributed by atoms with Gasteiger partial charge in [-0.05, 0) is 18.6 Å². The van der Waals surface area contributed by atoms with Crippen molar-refractivity contribution in [2.75, 3.05) is 5.32 Å². The highest BCUT2D eigenvalue weighted by Gasteiger charge is 2.47. The van der Waals surface area contributed by atoms with Crippen LogP contribution in [0.3, 0.4) is 0 Å². The molecule has 0 amide bonds. The summed E-state index contributed by atoms with van der Waals surface area (Å²) >= 11 is 0. The van der Waals surface area contributed by atoms with Crippen LogP contribution in [0.4, 0.5) is 10.2 Å². The Morgan fingerprint density at radius 3 is 2.73 bits per heavy atom. The van der Waals surface area contributed by atoms with Crippen LogP contribution in [0.5, 0.6) is 0 Å². The van der Waals surface area contributed by atoms with Gasteiger partial charge in [-0.2, -0.15) is 0 Å². The minimum absolute atomic E-state index is 0.143. The molecular weight excluding hydrogens is 195 g/mol. The predicted octanol–water partition coefficient (Wildman–Crippen LogP) is 1.79. The van der Waals surface area contributed by atoms with E-state index in [4.69, 9.17) is 0 Å². The van der Waals surface area contributed by atoms with Gasteiger partial charge < -0.3 is 10.4 Å². The molecule has 0 spiro atoms. The molecule has 0 aliphatic heterocycles. The Morgan fingerprint density at radius 2 is 2.27 bits per heavy atom. The number of nitrogens with zero attached hydrogens (tertiary/aromatic N) is 1. The standard InChI is InChI=1S/C11H15FN2O/c1-11(2)8(5-9(11)15)14-10-4-3-7(12)6-13-10/h3-4,6,8-9,15H,5H2,1-2H3,(H,13,14). The Morgan fingerprint density at radius 1 is 1.53 bits per heavy atom. The molecule has 0 aromatic carbocycles. The van der Waals surface area contributed by atoms with Gasteiger partial charge in [0.05, 0.1) is 12.3 Å². The van der Waals surface area contributed by atoms with Gasteiger partial charge >= 0.3 is 0 Å². The normalized spacial score (nSPS) is 28.3. The Labute approximate surface area is 88.3 Å². The zero-order chi connectivity index (χ0) is 11.1. The molecule has 1 aliphatic rings. The minimum atomic E-state index is -0.339. The molecule has 1 heterocycles. The molecule has 3 nitrogen and oxygen atoms in total. The van der Waals surface area contributed by atoms with Gasteiger partial charge in [0.1, 0.15) is 11.6 Å². The van der Waals surface area contributed by atoms with E-state index in [1.165, 1.54) is 12.3 Å². The Bertz CT molecular complexity index is 350. The molecular formula is C11H15FN2O. The quantitative estimate of drug-likeness (QED) is 0.782. The van der Waals surface area contributed by atoms with Crippen molar-refractivity contribution < 1.29 is 9.50 Å². The van der Waals surface area contributed by atoms with Crippen LogP contribution in [0.15, 0.2) is 18.3 Å². The molecule has 1 saturated carbocycles. The highest BCUT2D eigenvalue weighted by atomic mass is 19.1. The molecule has 1 fully saturated rings. The van der Waals surface area contributed by atoms with Gasteiger partial charge in [0.2, 0.25) is 0 Å². The van der Waals surface area contributed by atoms with E-state index in [1.807, 2.05) is 13.8 Å². The van der Waals surface area contributed by atoms with Crippen molar-refractivity contribution in [3.05, 3.63) is 24.1 Å². The lowest BCUT2D eigenvalue weighted by Crippen LogP contribution is -2.57. The predicted molar refractivity (Wildman–Crippen MR) is 56.0 cm³/mol. The van der Waals surface area contributed by atoms with E-state index in [-0.39, 0.29) is 23.4 Å². The first-order valence-electron chi connectivity index (χ1n) is 5.06. The summed E-state index contributed by atoms with van der Waals surface area (Å²) in [7, 11) is 0. The average molecular weight is 210 g/mol. The van der Waals surface area contributed by atoms with Gasteiger partial charge in [-0.25, -0.2) is 9.37 Å². The maximum Gasteiger partial charge on any atom is 0.141 e. The van der Waals surface area contributed by atoms with Crippen LogP contribution in [-0.2, 0) is 0 Å². The number of rotatable bonds is 2. The Hall–Kier alpha value is -1.16. The zero-order valence-electron chi connectivity index (χ0n) is 8.87. The molecule has 2 atom stereocenters. The first-order chi connectivity index (χ1) is 7.00. The van der Waals surface area contributed by atoms with Crippen molar-refractivity contribution in [3.8, 4) is 0 Å². The molecule has 0 radical (unpaired) electrons. The van der Waals surface area contributed by atoms with E-state index in [2.05, 4.69) is 10.3 Å². The van der Waals surface area contributed by atoms with Crippen molar-refractivity contribution in [1.29, 1.82) is 0 Å². The Balaban J connectivity index is 2.02. The van der Waals surface area contributed by atoms with Crippen LogP contribution in [0, 0.1) is 11.2 Å². The van der Waals surface area contributed by atoms with E-state index < -0.39 is 0 Å². The molecule has 2 N–H and O–H groups in total. The van der Waals surface area contributed by atoms with Crippen molar-refractivity contribution in [2.24, 2.45) is 5.41 Å². The third kappa shape index (κ3) is 1.81. The van der Waals surface area contributed by atoms with E-state index in [9.17, 15) is 9.50 Å². The number of halogens is 1. The summed E-state index contributed by atoms with van der Waals surface area (Å²) in [5.41, 5.74) is -0.143. The third-order valence-corrected chi connectivity index (χ3v) is 3.27. The first-order valence-corrected chi connectivity index (χ1v) is 5.06. The first kappa shape index (κ1) is 10.4. The zero-order valence-corrected chi connectivity index (χ0v) is 8.87. The summed E-state index contributed by atoms with van der Waals surface area (Å²) in [6, 6.07) is 3.18. The number of pyridine rings is 1. The van der Waals surface area contributed by atoms with E-state index in [0.717, 1.165) is 0 Å². The second-order valence-corrected chi connectivity index (χ2v) is 4.63. The van der Waals surface area contributed by atoms with Gasteiger partial charge in [0.15, 0.2) is 0 Å². The van der Waals surface area contributed by atoms with Crippen molar-refractivity contribution in [1.82, 2.24) is 4.98 Å². The maximum atomic E-state index is 12.6. The van der Waals surface area contributed by atoms with Crippen LogP contribution < -0.4 is 5.32 Å². The second-order valence-electron chi connectivity index (χ2n) is 4.63. The topological polar surface area (TPSA) is 45.1 Å². The fourth-order valence-corrected chi connectivity index (χ4v) is 1.79. The molecule has 1 aliphatic carbocycles. The van der Waals surface area contributed by atoms with E-state index in [0.29, 0.717) is 12.2 Å². The fraction of sp³-hybridized carbons (Fsp3) is 0.545. The maximum absolute atomic E-state index is 12.6. The molecule has 4 heteroatoms. The highest BCUT2D eigenvalue weighted by molar-refractivity contribution is 5.37. The summed E-state index contributed by atoms with van der Waals surface area (Å²) in [6.45, 7) is 4.00. The molecule has 0 bridgehead atoms. The largest absolute Gasteiger partial charge is 0.392 e. The summed E-state index contributed by atoms with van der Waals surface area (Å²) in [6.07, 6.45) is 1.63. The third-order valence-electron chi connectivity index (χ3n) is 3.27. The number of nitrogens with one attached hydrogen (secondary N) is 1. The van der Waals surface area contributed by atoms with Gasteiger partial charge in [-0.3, -0.25) is 0 Å². The Kier molecular flexibility index (Phi) is 2.38. The number of aromatic nitrogens is 1. The molecule has 1 aromatic rings. The SMILES string of the molecule is CC1(C)C(O)CC1Nc1ccc(F)cn1. The molecule has 82 valence electrons. The summed E-state index contributed by atoms with van der Waals surface area (Å²) < 4.78 is 12.6. The van der Waals surface area contributed by atoms with E-state index in [1.54, 1.807) is 6.07 Å². The van der Waals surface area contributed by atoms with Crippen LogP contribution in [0.25, 0.3) is 0 Å². The monoisotopic (exact) mass is 210 g/mol. The lowest BCUT2D eigenvalue weighted by molar-refractivity contribution is -0.0511. The van der Waals surface area contributed by atoms with E-state index >= 15 is 0 Å². The van der Waals surface area contributed by atoms with Gasteiger partial charge in [0, 0.05) is 11.5 Å². The molecule has 1 aromatic heterocycles. The summed E-state index contributed by atoms with van der Waals surface area (Å²) in [4.78, 5) is 3.92. The summed E-state index contributed by atoms with van der Waals surface area (Å²) in [5.74, 6) is 0.315. The lowest BCUT2D eigenvalue weighted by atomic mass is 9.64. The van der Waals surface area contributed by atoms with Gasteiger partial charge in [0.25, 0.3) is 0 Å². The average Bonchev–Trinajstić information content (AvgIpc) is 2.21. The van der Waals surface area contributed by atoms with Gasteiger partial charge in [-0.15, -0.1) is 0 Å². The molecule has 2 unspecified atom stereocenters. The molecule has 0 saturated heterocycles. The van der Waals surface area contributed by atoms with Crippen LogP contribution in [0.2, 0.25) is 0 Å². The van der Waals surface area contributed by atoms with Crippen molar-refractivity contribution in [3.63, 3.8) is 0 Å². The van der Waals surface area contributed by atoms with Crippen molar-refractivity contribution in [2.45, 2.75) is 32.4 Å². The van der Waals surface area contributed by atoms with Crippen LogP contribution in [0.1, 0.15) is 20.3 Å².